The molecule has 0 fully saturated rings. The standard InChI is InChI=1S/C12H21ClN4/c1-5-17(10(2)9-16(3)4)12-14-7-11(6-13)8-15-12/h7-8,10H,5-6,9H2,1-4H3. The third-order valence-corrected chi connectivity index (χ3v) is 2.91. The molecule has 0 amide bonds. The van der Waals surface area contributed by atoms with E-state index >= 15 is 0 Å². The average Bonchev–Trinajstić information content (AvgIpc) is 2.30. The van der Waals surface area contributed by atoms with Gasteiger partial charge in [0, 0.05) is 37.1 Å². The van der Waals surface area contributed by atoms with E-state index in [0.717, 1.165) is 24.6 Å². The number of nitrogens with zero attached hydrogens (tertiary/aromatic N) is 4. The monoisotopic (exact) mass is 256 g/mol. The molecule has 1 aromatic rings. The second kappa shape index (κ2) is 6.77. The topological polar surface area (TPSA) is 32.3 Å². The van der Waals surface area contributed by atoms with E-state index in [4.69, 9.17) is 11.6 Å². The van der Waals surface area contributed by atoms with Crippen LogP contribution in [0.25, 0.3) is 0 Å². The first-order valence-electron chi connectivity index (χ1n) is 5.86. The van der Waals surface area contributed by atoms with E-state index in [0.29, 0.717) is 11.9 Å². The minimum Gasteiger partial charge on any atom is -0.337 e. The molecule has 1 unspecified atom stereocenters. The van der Waals surface area contributed by atoms with E-state index in [2.05, 4.69) is 47.7 Å². The number of anilines is 1. The lowest BCUT2D eigenvalue weighted by molar-refractivity contribution is 0.371. The largest absolute Gasteiger partial charge is 0.337 e. The Morgan fingerprint density at radius 3 is 2.29 bits per heavy atom. The molecule has 17 heavy (non-hydrogen) atoms. The molecule has 0 saturated carbocycles. The zero-order valence-electron chi connectivity index (χ0n) is 11.0. The second-order valence-electron chi connectivity index (χ2n) is 4.42. The minimum absolute atomic E-state index is 0.386. The minimum atomic E-state index is 0.386. The van der Waals surface area contributed by atoms with E-state index in [-0.39, 0.29) is 0 Å². The number of likely N-dealkylation sites (N-methyl/N-ethyl adjacent to an activating group) is 2. The number of halogens is 1. The fourth-order valence-corrected chi connectivity index (χ4v) is 1.98. The Bertz CT molecular complexity index is 326. The van der Waals surface area contributed by atoms with Gasteiger partial charge in [-0.3, -0.25) is 0 Å². The van der Waals surface area contributed by atoms with Gasteiger partial charge in [-0.1, -0.05) is 0 Å². The van der Waals surface area contributed by atoms with Crippen molar-refractivity contribution in [2.45, 2.75) is 25.8 Å². The first kappa shape index (κ1) is 14.2. The number of aromatic nitrogens is 2. The molecular weight excluding hydrogens is 236 g/mol. The number of alkyl halides is 1. The Morgan fingerprint density at radius 1 is 1.29 bits per heavy atom. The number of hydrogen-bond acceptors (Lipinski definition) is 4. The summed E-state index contributed by atoms with van der Waals surface area (Å²) in [6.07, 6.45) is 3.58. The molecule has 0 bridgehead atoms. The van der Waals surface area contributed by atoms with Crippen molar-refractivity contribution < 1.29 is 0 Å². The summed E-state index contributed by atoms with van der Waals surface area (Å²) >= 11 is 5.72. The van der Waals surface area contributed by atoms with Crippen LogP contribution in [0.2, 0.25) is 0 Å². The van der Waals surface area contributed by atoms with Gasteiger partial charge in [-0.2, -0.15) is 0 Å². The molecule has 4 nitrogen and oxygen atoms in total. The molecule has 0 aromatic carbocycles. The van der Waals surface area contributed by atoms with Crippen molar-refractivity contribution in [2.24, 2.45) is 0 Å². The van der Waals surface area contributed by atoms with E-state index in [1.165, 1.54) is 0 Å². The molecule has 0 aliphatic carbocycles. The van der Waals surface area contributed by atoms with Crippen LogP contribution in [-0.4, -0.2) is 48.1 Å². The second-order valence-corrected chi connectivity index (χ2v) is 4.69. The molecule has 1 rings (SSSR count). The smallest absolute Gasteiger partial charge is 0.225 e. The molecule has 0 spiro atoms. The maximum Gasteiger partial charge on any atom is 0.225 e. The van der Waals surface area contributed by atoms with Gasteiger partial charge in [-0.25, -0.2) is 9.97 Å². The van der Waals surface area contributed by atoms with Gasteiger partial charge in [0.15, 0.2) is 0 Å². The highest BCUT2D eigenvalue weighted by Crippen LogP contribution is 2.12. The van der Waals surface area contributed by atoms with E-state index in [1.54, 1.807) is 12.4 Å². The molecule has 0 N–H and O–H groups in total. The van der Waals surface area contributed by atoms with Gasteiger partial charge < -0.3 is 9.80 Å². The third kappa shape index (κ3) is 4.13. The van der Waals surface area contributed by atoms with Crippen LogP contribution in [0.3, 0.4) is 0 Å². The Morgan fingerprint density at radius 2 is 1.88 bits per heavy atom. The predicted molar refractivity (Wildman–Crippen MR) is 72.6 cm³/mol. The molecule has 0 saturated heterocycles. The van der Waals surface area contributed by atoms with Crippen LogP contribution in [0.15, 0.2) is 12.4 Å². The molecule has 0 aliphatic rings. The summed E-state index contributed by atoms with van der Waals surface area (Å²) in [5.74, 6) is 1.23. The molecule has 1 atom stereocenters. The van der Waals surface area contributed by atoms with E-state index < -0.39 is 0 Å². The zero-order chi connectivity index (χ0) is 12.8. The summed E-state index contributed by atoms with van der Waals surface area (Å²) < 4.78 is 0. The van der Waals surface area contributed by atoms with Gasteiger partial charge >= 0.3 is 0 Å². The molecule has 1 aromatic heterocycles. The van der Waals surface area contributed by atoms with Crippen molar-refractivity contribution in [1.29, 1.82) is 0 Å². The molecule has 5 heteroatoms. The Kier molecular flexibility index (Phi) is 5.65. The Labute approximate surface area is 109 Å². The van der Waals surface area contributed by atoms with Gasteiger partial charge in [-0.05, 0) is 27.9 Å². The Balaban J connectivity index is 2.77. The highest BCUT2D eigenvalue weighted by molar-refractivity contribution is 6.17. The molecule has 0 aliphatic heterocycles. The molecule has 1 heterocycles. The third-order valence-electron chi connectivity index (χ3n) is 2.61. The lowest BCUT2D eigenvalue weighted by Gasteiger charge is -2.30. The molecular formula is C12H21ClN4. The fraction of sp³-hybridized carbons (Fsp3) is 0.667. The average molecular weight is 257 g/mol. The summed E-state index contributed by atoms with van der Waals surface area (Å²) in [5.41, 5.74) is 0.951. The lowest BCUT2D eigenvalue weighted by atomic mass is 10.3. The van der Waals surface area contributed by atoms with E-state index in [1.807, 2.05) is 0 Å². The van der Waals surface area contributed by atoms with Gasteiger partial charge in [0.2, 0.25) is 5.95 Å². The fourth-order valence-electron chi connectivity index (χ4n) is 1.84. The van der Waals surface area contributed by atoms with Crippen molar-refractivity contribution in [3.05, 3.63) is 18.0 Å². The highest BCUT2D eigenvalue weighted by Gasteiger charge is 2.15. The van der Waals surface area contributed by atoms with Crippen molar-refractivity contribution in [2.75, 3.05) is 32.1 Å². The Hall–Kier alpha value is -0.870. The normalized spacial score (nSPS) is 12.8. The van der Waals surface area contributed by atoms with Crippen LogP contribution in [0.1, 0.15) is 19.4 Å². The quantitative estimate of drug-likeness (QED) is 0.729. The molecule has 96 valence electrons. The first-order valence-corrected chi connectivity index (χ1v) is 6.40. The maximum absolute atomic E-state index is 5.72. The van der Waals surface area contributed by atoms with Crippen LogP contribution in [0.4, 0.5) is 5.95 Å². The summed E-state index contributed by atoms with van der Waals surface area (Å²) in [5, 5.41) is 0. The van der Waals surface area contributed by atoms with Crippen molar-refractivity contribution in [3.8, 4) is 0 Å². The van der Waals surface area contributed by atoms with Crippen LogP contribution < -0.4 is 4.90 Å². The van der Waals surface area contributed by atoms with Crippen LogP contribution >= 0.6 is 11.6 Å². The highest BCUT2D eigenvalue weighted by atomic mass is 35.5. The summed E-state index contributed by atoms with van der Waals surface area (Å²) in [6, 6.07) is 0.386. The van der Waals surface area contributed by atoms with Gasteiger partial charge in [-0.15, -0.1) is 11.6 Å². The zero-order valence-corrected chi connectivity index (χ0v) is 11.8. The van der Waals surface area contributed by atoms with Crippen molar-refractivity contribution >= 4 is 17.5 Å². The number of hydrogen-bond donors (Lipinski definition) is 0. The summed E-state index contributed by atoms with van der Waals surface area (Å²) in [7, 11) is 4.14. The van der Waals surface area contributed by atoms with Crippen LogP contribution in [0, 0.1) is 0 Å². The van der Waals surface area contributed by atoms with Gasteiger partial charge in [0.05, 0.1) is 5.88 Å². The predicted octanol–water partition coefficient (Wildman–Crippen LogP) is 1.99. The lowest BCUT2D eigenvalue weighted by Crippen LogP contribution is -2.41. The SMILES string of the molecule is CCN(c1ncc(CCl)cn1)C(C)CN(C)C. The molecule has 0 radical (unpaired) electrons. The van der Waals surface area contributed by atoms with Gasteiger partial charge in [0.25, 0.3) is 0 Å². The summed E-state index contributed by atoms with van der Waals surface area (Å²) in [6.45, 7) is 6.18. The number of rotatable bonds is 6. The first-order chi connectivity index (χ1) is 8.08. The van der Waals surface area contributed by atoms with Crippen LogP contribution in [-0.2, 0) is 5.88 Å². The van der Waals surface area contributed by atoms with Crippen molar-refractivity contribution in [1.82, 2.24) is 14.9 Å². The van der Waals surface area contributed by atoms with E-state index in [9.17, 15) is 0 Å². The van der Waals surface area contributed by atoms with Crippen molar-refractivity contribution in [3.63, 3.8) is 0 Å². The maximum atomic E-state index is 5.72. The summed E-state index contributed by atoms with van der Waals surface area (Å²) in [4.78, 5) is 13.1. The van der Waals surface area contributed by atoms with Crippen LogP contribution in [0.5, 0.6) is 0 Å². The van der Waals surface area contributed by atoms with Gasteiger partial charge in [0.1, 0.15) is 0 Å².